The summed E-state index contributed by atoms with van der Waals surface area (Å²) < 4.78 is 12.5. The molecule has 6 nitrogen and oxygen atoms in total. The van der Waals surface area contributed by atoms with Crippen LogP contribution in [0.3, 0.4) is 0 Å². The van der Waals surface area contributed by atoms with Gasteiger partial charge < -0.3 is 9.47 Å². The number of carbonyl (C=O) groups is 1. The molecule has 3 aromatic rings. The summed E-state index contributed by atoms with van der Waals surface area (Å²) >= 11 is 3.55. The fourth-order valence-corrected chi connectivity index (χ4v) is 3.91. The number of nitriles is 1. The minimum Gasteiger partial charge on any atom is -0.490 e. The maximum absolute atomic E-state index is 12.3. The second-order valence-electron chi connectivity index (χ2n) is 7.76. The maximum Gasteiger partial charge on any atom is 0.244 e. The number of rotatable bonds is 9. The molecule has 0 bridgehead atoms. The van der Waals surface area contributed by atoms with Crippen LogP contribution in [0.2, 0.25) is 0 Å². The Hall–Kier alpha value is -3.63. The summed E-state index contributed by atoms with van der Waals surface area (Å²) in [7, 11) is 0. The number of amides is 1. The summed E-state index contributed by atoms with van der Waals surface area (Å²) in [5, 5.41) is 13.0. The highest BCUT2D eigenvalue weighted by Crippen LogP contribution is 2.37. The van der Waals surface area contributed by atoms with Gasteiger partial charge in [-0.05, 0) is 83.2 Å². The highest BCUT2D eigenvalue weighted by Gasteiger charge is 2.13. The Morgan fingerprint density at radius 3 is 2.56 bits per heavy atom. The van der Waals surface area contributed by atoms with Crippen LogP contribution in [-0.2, 0) is 17.8 Å². The topological polar surface area (TPSA) is 83.7 Å². The number of hydrogen-bond acceptors (Lipinski definition) is 5. The van der Waals surface area contributed by atoms with E-state index in [4.69, 9.17) is 14.7 Å². The molecule has 0 spiro atoms. The van der Waals surface area contributed by atoms with Crippen LogP contribution in [0.5, 0.6) is 11.5 Å². The molecular formula is C27H26BrN3O3. The van der Waals surface area contributed by atoms with Gasteiger partial charge in [0, 0.05) is 0 Å². The fraction of sp³-hybridized carbons (Fsp3) is 0.222. The zero-order chi connectivity index (χ0) is 24.5. The number of hydrogen-bond donors (Lipinski definition) is 1. The molecule has 0 aliphatic carbocycles. The molecule has 0 atom stereocenters. The molecule has 174 valence electrons. The van der Waals surface area contributed by atoms with Crippen molar-refractivity contribution in [3.63, 3.8) is 0 Å². The Morgan fingerprint density at radius 1 is 1.12 bits per heavy atom. The number of carbonyl (C=O) groups excluding carboxylic acids is 1. The van der Waals surface area contributed by atoms with Crippen LogP contribution < -0.4 is 14.9 Å². The highest BCUT2D eigenvalue weighted by molar-refractivity contribution is 9.10. The molecular weight excluding hydrogens is 494 g/mol. The molecule has 0 radical (unpaired) electrons. The first kappa shape index (κ1) is 25.0. The van der Waals surface area contributed by atoms with E-state index in [1.807, 2.05) is 57.2 Å². The molecule has 34 heavy (non-hydrogen) atoms. The predicted molar refractivity (Wildman–Crippen MR) is 136 cm³/mol. The number of ether oxygens (including phenoxy) is 2. The van der Waals surface area contributed by atoms with Gasteiger partial charge in [0.1, 0.15) is 6.61 Å². The predicted octanol–water partition coefficient (Wildman–Crippen LogP) is 5.61. The van der Waals surface area contributed by atoms with Crippen molar-refractivity contribution in [2.24, 2.45) is 5.10 Å². The van der Waals surface area contributed by atoms with Crippen molar-refractivity contribution < 1.29 is 14.3 Å². The summed E-state index contributed by atoms with van der Waals surface area (Å²) in [6.45, 7) is 6.71. The Morgan fingerprint density at radius 2 is 1.88 bits per heavy atom. The first-order chi connectivity index (χ1) is 16.4. The van der Waals surface area contributed by atoms with Crippen molar-refractivity contribution in [1.82, 2.24) is 5.43 Å². The second-order valence-corrected chi connectivity index (χ2v) is 8.61. The quantitative estimate of drug-likeness (QED) is 0.294. The molecule has 0 aromatic heterocycles. The Kier molecular flexibility index (Phi) is 8.83. The van der Waals surface area contributed by atoms with Crippen molar-refractivity contribution in [3.05, 3.63) is 92.5 Å². The molecule has 7 heteroatoms. The van der Waals surface area contributed by atoms with E-state index in [0.717, 1.165) is 22.3 Å². The summed E-state index contributed by atoms with van der Waals surface area (Å²) in [4.78, 5) is 12.3. The number of halogens is 1. The third-order valence-corrected chi connectivity index (χ3v) is 5.64. The van der Waals surface area contributed by atoms with Crippen molar-refractivity contribution in [2.45, 2.75) is 33.8 Å². The smallest absolute Gasteiger partial charge is 0.244 e. The van der Waals surface area contributed by atoms with E-state index in [1.165, 1.54) is 5.56 Å². The Labute approximate surface area is 208 Å². The lowest BCUT2D eigenvalue weighted by molar-refractivity contribution is -0.120. The summed E-state index contributed by atoms with van der Waals surface area (Å²) in [5.41, 5.74) is 8.09. The van der Waals surface area contributed by atoms with Gasteiger partial charge in [0.05, 0.1) is 35.3 Å². The lowest BCUT2D eigenvalue weighted by atomic mass is 10.0. The van der Waals surface area contributed by atoms with Crippen LogP contribution in [0, 0.1) is 25.2 Å². The van der Waals surface area contributed by atoms with E-state index >= 15 is 0 Å². The van der Waals surface area contributed by atoms with Crippen LogP contribution in [0.25, 0.3) is 0 Å². The molecule has 0 saturated heterocycles. The van der Waals surface area contributed by atoms with Crippen molar-refractivity contribution in [2.75, 3.05) is 6.61 Å². The van der Waals surface area contributed by atoms with Crippen LogP contribution in [0.1, 0.15) is 40.3 Å². The van der Waals surface area contributed by atoms with E-state index in [2.05, 4.69) is 38.6 Å². The second kappa shape index (κ2) is 12.0. The first-order valence-corrected chi connectivity index (χ1v) is 11.6. The number of hydrazone groups is 1. The van der Waals surface area contributed by atoms with E-state index in [1.54, 1.807) is 18.3 Å². The molecule has 1 N–H and O–H groups in total. The molecule has 0 fully saturated rings. The van der Waals surface area contributed by atoms with E-state index < -0.39 is 0 Å². The normalized spacial score (nSPS) is 10.7. The lowest BCUT2D eigenvalue weighted by Crippen LogP contribution is -2.20. The minimum atomic E-state index is -0.185. The molecule has 0 heterocycles. The van der Waals surface area contributed by atoms with Crippen LogP contribution >= 0.6 is 15.9 Å². The molecule has 0 aliphatic rings. The number of nitrogens with zero attached hydrogens (tertiary/aromatic N) is 2. The summed E-state index contributed by atoms with van der Waals surface area (Å²) in [6.07, 6.45) is 1.83. The van der Waals surface area contributed by atoms with E-state index in [9.17, 15) is 4.79 Å². The Bertz CT molecular complexity index is 1230. The van der Waals surface area contributed by atoms with Gasteiger partial charge in [-0.2, -0.15) is 10.4 Å². The molecule has 0 aliphatic heterocycles. The zero-order valence-corrected chi connectivity index (χ0v) is 21.0. The Balaban J connectivity index is 1.66. The molecule has 0 saturated carbocycles. The fourth-order valence-electron chi connectivity index (χ4n) is 3.33. The van der Waals surface area contributed by atoms with Gasteiger partial charge in [-0.3, -0.25) is 4.79 Å². The number of benzene rings is 3. The van der Waals surface area contributed by atoms with E-state index in [-0.39, 0.29) is 12.3 Å². The van der Waals surface area contributed by atoms with Crippen LogP contribution in [-0.4, -0.2) is 18.7 Å². The maximum atomic E-state index is 12.3. The first-order valence-electron chi connectivity index (χ1n) is 10.9. The number of nitrogens with one attached hydrogen (secondary N) is 1. The van der Waals surface area contributed by atoms with Crippen LogP contribution in [0.4, 0.5) is 0 Å². The molecule has 3 aromatic carbocycles. The van der Waals surface area contributed by atoms with Gasteiger partial charge in [-0.25, -0.2) is 5.43 Å². The van der Waals surface area contributed by atoms with Gasteiger partial charge in [0.2, 0.25) is 5.91 Å². The van der Waals surface area contributed by atoms with Gasteiger partial charge in [-0.15, -0.1) is 0 Å². The average Bonchev–Trinajstić information content (AvgIpc) is 2.81. The van der Waals surface area contributed by atoms with Gasteiger partial charge in [0.15, 0.2) is 11.5 Å². The van der Waals surface area contributed by atoms with Crippen molar-refractivity contribution >= 4 is 28.1 Å². The standard InChI is InChI=1S/C27H26BrN3O3/c1-4-33-25-13-22(16-30-31-26(32)14-23-10-5-18(2)11-19(23)3)12-24(28)27(25)34-17-21-8-6-20(15-29)7-9-21/h5-13,16H,4,14,17H2,1-3H3,(H,31,32)/b30-16+. The lowest BCUT2D eigenvalue weighted by Gasteiger charge is -2.14. The van der Waals surface area contributed by atoms with Crippen molar-refractivity contribution in [3.8, 4) is 17.6 Å². The largest absolute Gasteiger partial charge is 0.490 e. The third-order valence-electron chi connectivity index (χ3n) is 5.05. The SMILES string of the molecule is CCOc1cc(/C=N/NC(=O)Cc2ccc(C)cc2C)cc(Br)c1OCc1ccc(C#N)cc1. The molecule has 1 amide bonds. The summed E-state index contributed by atoms with van der Waals surface area (Å²) in [6, 6.07) is 19.0. The van der Waals surface area contributed by atoms with Gasteiger partial charge in [-0.1, -0.05) is 35.9 Å². The summed E-state index contributed by atoms with van der Waals surface area (Å²) in [5.74, 6) is 0.950. The van der Waals surface area contributed by atoms with E-state index in [0.29, 0.717) is 34.7 Å². The van der Waals surface area contributed by atoms with Gasteiger partial charge in [0.25, 0.3) is 0 Å². The van der Waals surface area contributed by atoms with Crippen LogP contribution in [0.15, 0.2) is 64.2 Å². The monoisotopic (exact) mass is 519 g/mol. The highest BCUT2D eigenvalue weighted by atomic mass is 79.9. The molecule has 3 rings (SSSR count). The zero-order valence-electron chi connectivity index (χ0n) is 19.4. The van der Waals surface area contributed by atoms with Gasteiger partial charge >= 0.3 is 0 Å². The third kappa shape index (κ3) is 6.93. The average molecular weight is 520 g/mol. The molecule has 0 unspecified atom stereocenters. The minimum absolute atomic E-state index is 0.185. The number of aryl methyl sites for hydroxylation is 2. The van der Waals surface area contributed by atoms with Crippen molar-refractivity contribution in [1.29, 1.82) is 5.26 Å².